The predicted octanol–water partition coefficient (Wildman–Crippen LogP) is 2.23. The summed E-state index contributed by atoms with van der Waals surface area (Å²) in [6.07, 6.45) is 0.962. The smallest absolute Gasteiger partial charge is 0.0556 e. The minimum absolute atomic E-state index is 0.718. The van der Waals surface area contributed by atoms with Crippen molar-refractivity contribution in [2.75, 3.05) is 26.0 Å². The molecule has 0 heterocycles. The second-order valence-corrected chi connectivity index (χ2v) is 4.62. The summed E-state index contributed by atoms with van der Waals surface area (Å²) in [4.78, 5) is 1.34. The van der Waals surface area contributed by atoms with E-state index < -0.39 is 0 Å². The Labute approximate surface area is 96.2 Å². The molecule has 0 saturated carbocycles. The summed E-state index contributed by atoms with van der Waals surface area (Å²) in [5.74, 6) is 1.01. The Balaban J connectivity index is 2.58. The van der Waals surface area contributed by atoms with Gasteiger partial charge in [-0.2, -0.15) is 0 Å². The summed E-state index contributed by atoms with van der Waals surface area (Å²) in [6, 6.07) is 6.57. The zero-order valence-electron chi connectivity index (χ0n) is 9.45. The lowest BCUT2D eigenvalue weighted by Crippen LogP contribution is -2.02. The lowest BCUT2D eigenvalue weighted by molar-refractivity contribution is 0.218. The van der Waals surface area contributed by atoms with Crippen molar-refractivity contribution in [3.63, 3.8) is 0 Å². The van der Waals surface area contributed by atoms with Crippen molar-refractivity contribution >= 4 is 11.8 Å². The molecule has 0 aliphatic carbocycles. The van der Waals surface area contributed by atoms with Crippen molar-refractivity contribution in [3.8, 4) is 0 Å². The van der Waals surface area contributed by atoms with Crippen LogP contribution in [0.15, 0.2) is 23.1 Å². The van der Waals surface area contributed by atoms with E-state index in [1.165, 1.54) is 16.0 Å². The summed E-state index contributed by atoms with van der Waals surface area (Å²) in [6.45, 7) is 3.67. The molecular weight excluding hydrogens is 206 g/mol. The van der Waals surface area contributed by atoms with E-state index in [1.807, 2.05) is 11.8 Å². The molecule has 2 nitrogen and oxygen atoms in total. The molecule has 84 valence electrons. The van der Waals surface area contributed by atoms with Gasteiger partial charge in [0.1, 0.15) is 0 Å². The van der Waals surface area contributed by atoms with Gasteiger partial charge in [0.15, 0.2) is 0 Å². The van der Waals surface area contributed by atoms with Crippen LogP contribution in [-0.2, 0) is 11.2 Å². The molecule has 0 unspecified atom stereocenters. The normalized spacial score (nSPS) is 10.6. The van der Waals surface area contributed by atoms with Gasteiger partial charge in [-0.3, -0.25) is 0 Å². The van der Waals surface area contributed by atoms with Gasteiger partial charge in [-0.1, -0.05) is 12.1 Å². The van der Waals surface area contributed by atoms with Crippen LogP contribution in [0.3, 0.4) is 0 Å². The molecule has 1 aromatic carbocycles. The van der Waals surface area contributed by atoms with Crippen molar-refractivity contribution in [1.29, 1.82) is 0 Å². The number of benzene rings is 1. The Kier molecular flexibility index (Phi) is 5.76. The number of methoxy groups -OCH3 is 1. The van der Waals surface area contributed by atoms with Crippen LogP contribution in [0.2, 0.25) is 0 Å². The van der Waals surface area contributed by atoms with Crippen LogP contribution >= 0.6 is 11.8 Å². The standard InChI is InChI=1S/C12H19NOS/c1-10-9-11(5-6-13)3-4-12(10)15-8-7-14-2/h3-4,9H,5-8,13H2,1-2H3. The zero-order chi connectivity index (χ0) is 11.1. The van der Waals surface area contributed by atoms with E-state index in [2.05, 4.69) is 25.1 Å². The molecule has 0 aliphatic heterocycles. The summed E-state index contributed by atoms with van der Waals surface area (Å²) >= 11 is 1.84. The van der Waals surface area contributed by atoms with Crippen molar-refractivity contribution in [1.82, 2.24) is 0 Å². The Morgan fingerprint density at radius 1 is 1.40 bits per heavy atom. The molecule has 0 fully saturated rings. The minimum atomic E-state index is 0.718. The SMILES string of the molecule is COCCSc1ccc(CCN)cc1C. The predicted molar refractivity (Wildman–Crippen MR) is 66.5 cm³/mol. The Bertz CT molecular complexity index is 302. The summed E-state index contributed by atoms with van der Waals surface area (Å²) in [5.41, 5.74) is 8.19. The van der Waals surface area contributed by atoms with Crippen molar-refractivity contribution in [2.45, 2.75) is 18.2 Å². The van der Waals surface area contributed by atoms with E-state index in [4.69, 9.17) is 10.5 Å². The van der Waals surface area contributed by atoms with E-state index in [0.29, 0.717) is 0 Å². The molecule has 15 heavy (non-hydrogen) atoms. The molecule has 1 aromatic rings. The Morgan fingerprint density at radius 2 is 2.20 bits per heavy atom. The lowest BCUT2D eigenvalue weighted by Gasteiger charge is -2.07. The maximum atomic E-state index is 5.53. The van der Waals surface area contributed by atoms with Crippen LogP contribution < -0.4 is 5.73 Å². The van der Waals surface area contributed by atoms with E-state index in [-0.39, 0.29) is 0 Å². The number of aryl methyl sites for hydroxylation is 1. The molecule has 1 rings (SSSR count). The highest BCUT2D eigenvalue weighted by Crippen LogP contribution is 2.23. The number of nitrogens with two attached hydrogens (primary N) is 1. The monoisotopic (exact) mass is 225 g/mol. The lowest BCUT2D eigenvalue weighted by atomic mass is 10.1. The van der Waals surface area contributed by atoms with Crippen LogP contribution in [0.25, 0.3) is 0 Å². The molecule has 0 saturated heterocycles. The first-order valence-corrected chi connectivity index (χ1v) is 6.18. The number of thioether (sulfide) groups is 1. The second kappa shape index (κ2) is 6.88. The number of hydrogen-bond donors (Lipinski definition) is 1. The largest absolute Gasteiger partial charge is 0.384 e. The van der Waals surface area contributed by atoms with Crippen LogP contribution in [0.5, 0.6) is 0 Å². The van der Waals surface area contributed by atoms with Gasteiger partial charge in [0.25, 0.3) is 0 Å². The molecule has 0 atom stereocenters. The van der Waals surface area contributed by atoms with Gasteiger partial charge in [0.05, 0.1) is 6.61 Å². The molecule has 0 spiro atoms. The van der Waals surface area contributed by atoms with E-state index in [0.717, 1.165) is 25.3 Å². The third-order valence-corrected chi connectivity index (χ3v) is 3.36. The highest BCUT2D eigenvalue weighted by atomic mass is 32.2. The van der Waals surface area contributed by atoms with Crippen molar-refractivity contribution in [3.05, 3.63) is 29.3 Å². The van der Waals surface area contributed by atoms with Crippen LogP contribution in [0.4, 0.5) is 0 Å². The maximum Gasteiger partial charge on any atom is 0.0556 e. The average Bonchev–Trinajstić information content (AvgIpc) is 2.22. The number of ether oxygens (including phenoxy) is 1. The Hall–Kier alpha value is -0.510. The quantitative estimate of drug-likeness (QED) is 0.595. The molecule has 0 bridgehead atoms. The van der Waals surface area contributed by atoms with Crippen LogP contribution in [0.1, 0.15) is 11.1 Å². The molecule has 0 aliphatic rings. The van der Waals surface area contributed by atoms with Crippen molar-refractivity contribution in [2.24, 2.45) is 5.73 Å². The van der Waals surface area contributed by atoms with Gasteiger partial charge >= 0.3 is 0 Å². The number of hydrogen-bond acceptors (Lipinski definition) is 3. The van der Waals surface area contributed by atoms with Crippen LogP contribution in [0, 0.1) is 6.92 Å². The highest BCUT2D eigenvalue weighted by Gasteiger charge is 2.00. The number of rotatable bonds is 6. The van der Waals surface area contributed by atoms with Gasteiger partial charge in [-0.25, -0.2) is 0 Å². The first-order valence-electron chi connectivity index (χ1n) is 5.19. The van der Waals surface area contributed by atoms with Gasteiger partial charge in [0.2, 0.25) is 0 Å². The second-order valence-electron chi connectivity index (χ2n) is 3.48. The molecule has 0 radical (unpaired) electrons. The average molecular weight is 225 g/mol. The van der Waals surface area contributed by atoms with Crippen LogP contribution in [-0.4, -0.2) is 26.0 Å². The zero-order valence-corrected chi connectivity index (χ0v) is 10.3. The highest BCUT2D eigenvalue weighted by molar-refractivity contribution is 7.99. The van der Waals surface area contributed by atoms with Crippen molar-refractivity contribution < 1.29 is 4.74 Å². The fraction of sp³-hybridized carbons (Fsp3) is 0.500. The van der Waals surface area contributed by atoms with Gasteiger partial charge < -0.3 is 10.5 Å². The molecule has 2 N–H and O–H groups in total. The van der Waals surface area contributed by atoms with E-state index in [9.17, 15) is 0 Å². The topological polar surface area (TPSA) is 35.2 Å². The molecule has 3 heteroatoms. The molecule has 0 amide bonds. The third kappa shape index (κ3) is 4.24. The van der Waals surface area contributed by atoms with E-state index in [1.54, 1.807) is 7.11 Å². The molecule has 0 aromatic heterocycles. The maximum absolute atomic E-state index is 5.53. The summed E-state index contributed by atoms with van der Waals surface area (Å²) in [5, 5.41) is 0. The van der Waals surface area contributed by atoms with Gasteiger partial charge in [-0.15, -0.1) is 11.8 Å². The van der Waals surface area contributed by atoms with Gasteiger partial charge in [-0.05, 0) is 37.1 Å². The minimum Gasteiger partial charge on any atom is -0.384 e. The van der Waals surface area contributed by atoms with E-state index >= 15 is 0 Å². The Morgan fingerprint density at radius 3 is 2.80 bits per heavy atom. The molecular formula is C12H19NOS. The first-order chi connectivity index (χ1) is 7.27. The summed E-state index contributed by atoms with van der Waals surface area (Å²) in [7, 11) is 1.73. The third-order valence-electron chi connectivity index (χ3n) is 2.22. The summed E-state index contributed by atoms with van der Waals surface area (Å²) < 4.78 is 5.03. The van der Waals surface area contributed by atoms with Gasteiger partial charge in [0, 0.05) is 17.8 Å². The fourth-order valence-electron chi connectivity index (χ4n) is 1.43. The first kappa shape index (κ1) is 12.6. The fourth-order valence-corrected chi connectivity index (χ4v) is 2.35.